The summed E-state index contributed by atoms with van der Waals surface area (Å²) in [4.78, 5) is 5.69. The first-order valence-electron chi connectivity index (χ1n) is 5.97. The summed E-state index contributed by atoms with van der Waals surface area (Å²) in [5.74, 6) is 0.978. The molecule has 3 heteroatoms. The number of nitrogens with zero attached hydrogens (tertiary/aromatic N) is 1. The first-order chi connectivity index (χ1) is 8.31. The quantitative estimate of drug-likeness (QED) is 0.881. The second-order valence-corrected chi connectivity index (χ2v) is 5.04. The monoisotopic (exact) mass is 246 g/mol. The van der Waals surface area contributed by atoms with Gasteiger partial charge in [0.25, 0.3) is 0 Å². The Morgan fingerprint density at radius 1 is 1.29 bits per heavy atom. The van der Waals surface area contributed by atoms with E-state index in [0.29, 0.717) is 0 Å². The van der Waals surface area contributed by atoms with Gasteiger partial charge in [0, 0.05) is 23.4 Å². The van der Waals surface area contributed by atoms with Crippen molar-refractivity contribution in [3.05, 3.63) is 41.1 Å². The molecule has 1 aliphatic rings. The van der Waals surface area contributed by atoms with E-state index in [-0.39, 0.29) is 0 Å². The van der Waals surface area contributed by atoms with E-state index in [1.807, 2.05) is 18.0 Å². The number of allylic oxidation sites excluding steroid dienone is 1. The molecule has 0 radical (unpaired) electrons. The van der Waals surface area contributed by atoms with E-state index in [9.17, 15) is 0 Å². The predicted molar refractivity (Wildman–Crippen MR) is 77.4 cm³/mol. The Balaban J connectivity index is 2.15. The highest BCUT2D eigenvalue weighted by Crippen LogP contribution is 2.33. The maximum absolute atomic E-state index is 4.38. The number of hydrogen-bond acceptors (Lipinski definition) is 3. The fraction of sp³-hybridized carbons (Fsp3) is 0.357. The minimum Gasteiger partial charge on any atom is -0.313 e. The average molecular weight is 246 g/mol. The van der Waals surface area contributed by atoms with E-state index in [4.69, 9.17) is 0 Å². The number of rotatable bonds is 4. The molecule has 2 nitrogen and oxygen atoms in total. The SMILES string of the molecule is CCNCc1ccc(C2=C(C)N=CCS2)cc1. The first-order valence-corrected chi connectivity index (χ1v) is 6.96. The molecule has 0 unspecified atom stereocenters. The van der Waals surface area contributed by atoms with Crippen molar-refractivity contribution in [2.45, 2.75) is 20.4 Å². The van der Waals surface area contributed by atoms with Crippen LogP contribution in [0.1, 0.15) is 25.0 Å². The van der Waals surface area contributed by atoms with Gasteiger partial charge in [-0.25, -0.2) is 0 Å². The third-order valence-electron chi connectivity index (χ3n) is 2.71. The van der Waals surface area contributed by atoms with Crippen LogP contribution in [0, 0.1) is 0 Å². The van der Waals surface area contributed by atoms with Crippen LogP contribution in [0.3, 0.4) is 0 Å². The van der Waals surface area contributed by atoms with E-state index < -0.39 is 0 Å². The van der Waals surface area contributed by atoms with E-state index in [1.165, 1.54) is 16.0 Å². The third-order valence-corrected chi connectivity index (χ3v) is 3.85. The summed E-state index contributed by atoms with van der Waals surface area (Å²) in [6.45, 7) is 6.15. The normalized spacial score (nSPS) is 15.4. The van der Waals surface area contributed by atoms with Gasteiger partial charge in [0.15, 0.2) is 0 Å². The van der Waals surface area contributed by atoms with Crippen molar-refractivity contribution in [1.82, 2.24) is 5.32 Å². The highest BCUT2D eigenvalue weighted by atomic mass is 32.2. The van der Waals surface area contributed by atoms with Crippen molar-refractivity contribution < 1.29 is 0 Å². The molecule has 0 atom stereocenters. The Morgan fingerprint density at radius 3 is 2.71 bits per heavy atom. The molecule has 1 aromatic carbocycles. The highest BCUT2D eigenvalue weighted by molar-refractivity contribution is 8.08. The molecule has 0 aromatic heterocycles. The van der Waals surface area contributed by atoms with Gasteiger partial charge in [-0.05, 0) is 24.6 Å². The largest absolute Gasteiger partial charge is 0.313 e. The summed E-state index contributed by atoms with van der Waals surface area (Å²) < 4.78 is 0. The van der Waals surface area contributed by atoms with Gasteiger partial charge in [0.05, 0.1) is 5.70 Å². The molecule has 17 heavy (non-hydrogen) atoms. The van der Waals surface area contributed by atoms with Crippen LogP contribution in [-0.2, 0) is 6.54 Å². The minimum absolute atomic E-state index is 0.945. The molecule has 0 bridgehead atoms. The van der Waals surface area contributed by atoms with Gasteiger partial charge in [-0.1, -0.05) is 31.2 Å². The molecule has 0 saturated carbocycles. The third kappa shape index (κ3) is 3.20. The standard InChI is InChI=1S/C14H18N2S/c1-3-15-10-12-4-6-13(7-5-12)14-11(2)16-8-9-17-14/h4-8,15H,3,9-10H2,1-2H3. The zero-order chi connectivity index (χ0) is 12.1. The van der Waals surface area contributed by atoms with E-state index in [0.717, 1.165) is 24.5 Å². The lowest BCUT2D eigenvalue weighted by Crippen LogP contribution is -2.11. The Hall–Kier alpha value is -1.06. The zero-order valence-corrected chi connectivity index (χ0v) is 11.2. The van der Waals surface area contributed by atoms with Gasteiger partial charge in [-0.2, -0.15) is 0 Å². The van der Waals surface area contributed by atoms with Crippen LogP contribution < -0.4 is 5.32 Å². The van der Waals surface area contributed by atoms with Crippen LogP contribution in [0.15, 0.2) is 35.0 Å². The van der Waals surface area contributed by atoms with Gasteiger partial charge in [0.2, 0.25) is 0 Å². The summed E-state index contributed by atoms with van der Waals surface area (Å²) in [6.07, 6.45) is 1.98. The van der Waals surface area contributed by atoms with Crippen LogP contribution in [0.5, 0.6) is 0 Å². The lowest BCUT2D eigenvalue weighted by atomic mass is 10.1. The molecule has 0 aliphatic carbocycles. The van der Waals surface area contributed by atoms with Crippen LogP contribution in [0.2, 0.25) is 0 Å². The summed E-state index contributed by atoms with van der Waals surface area (Å²) >= 11 is 1.86. The van der Waals surface area contributed by atoms with Gasteiger partial charge in [-0.15, -0.1) is 11.8 Å². The Morgan fingerprint density at radius 2 is 2.06 bits per heavy atom. The lowest BCUT2D eigenvalue weighted by molar-refractivity contribution is 0.727. The van der Waals surface area contributed by atoms with Crippen molar-refractivity contribution in [2.24, 2.45) is 4.99 Å². The van der Waals surface area contributed by atoms with Gasteiger partial charge >= 0.3 is 0 Å². The van der Waals surface area contributed by atoms with Gasteiger partial charge in [0.1, 0.15) is 0 Å². The average Bonchev–Trinajstić information content (AvgIpc) is 2.38. The number of thioether (sulfide) groups is 1. The maximum Gasteiger partial charge on any atom is 0.0510 e. The molecule has 1 N–H and O–H groups in total. The maximum atomic E-state index is 4.38. The van der Waals surface area contributed by atoms with Crippen LogP contribution >= 0.6 is 11.8 Å². The van der Waals surface area contributed by atoms with Crippen molar-refractivity contribution in [2.75, 3.05) is 12.3 Å². The fourth-order valence-electron chi connectivity index (χ4n) is 1.79. The Kier molecular flexibility index (Phi) is 4.40. The van der Waals surface area contributed by atoms with Gasteiger partial charge in [-0.3, -0.25) is 4.99 Å². The Labute approximate surface area is 107 Å². The Bertz CT molecular complexity index is 432. The summed E-state index contributed by atoms with van der Waals surface area (Å²) in [6, 6.07) is 8.77. The van der Waals surface area contributed by atoms with Crippen molar-refractivity contribution >= 4 is 22.9 Å². The summed E-state index contributed by atoms with van der Waals surface area (Å²) in [7, 11) is 0. The molecular formula is C14H18N2S. The van der Waals surface area contributed by atoms with E-state index >= 15 is 0 Å². The minimum atomic E-state index is 0.945. The van der Waals surface area contributed by atoms with Crippen LogP contribution in [-0.4, -0.2) is 18.5 Å². The number of benzene rings is 1. The number of hydrogen-bond donors (Lipinski definition) is 1. The highest BCUT2D eigenvalue weighted by Gasteiger charge is 2.09. The number of nitrogens with one attached hydrogen (secondary N) is 1. The molecular weight excluding hydrogens is 228 g/mol. The van der Waals surface area contributed by atoms with Crippen molar-refractivity contribution in [3.8, 4) is 0 Å². The first kappa shape index (κ1) is 12.4. The smallest absolute Gasteiger partial charge is 0.0510 e. The molecule has 1 heterocycles. The summed E-state index contributed by atoms with van der Waals surface area (Å²) in [5.41, 5.74) is 3.74. The second kappa shape index (κ2) is 6.03. The topological polar surface area (TPSA) is 24.4 Å². The van der Waals surface area contributed by atoms with Crippen LogP contribution in [0.25, 0.3) is 4.91 Å². The lowest BCUT2D eigenvalue weighted by Gasteiger charge is -2.12. The van der Waals surface area contributed by atoms with E-state index in [1.54, 1.807) is 0 Å². The molecule has 0 spiro atoms. The van der Waals surface area contributed by atoms with Gasteiger partial charge < -0.3 is 5.32 Å². The van der Waals surface area contributed by atoms with Crippen molar-refractivity contribution in [1.29, 1.82) is 0 Å². The molecule has 0 amide bonds. The molecule has 0 saturated heterocycles. The molecule has 1 aliphatic heterocycles. The summed E-state index contributed by atoms with van der Waals surface area (Å²) in [5, 5.41) is 3.33. The number of aliphatic imine (C=N–C) groups is 1. The molecule has 0 fully saturated rings. The molecule has 90 valence electrons. The fourth-order valence-corrected chi connectivity index (χ4v) is 2.67. The predicted octanol–water partition coefficient (Wildman–Crippen LogP) is 3.30. The van der Waals surface area contributed by atoms with Crippen LogP contribution in [0.4, 0.5) is 0 Å². The zero-order valence-electron chi connectivity index (χ0n) is 10.4. The van der Waals surface area contributed by atoms with Crippen molar-refractivity contribution in [3.63, 3.8) is 0 Å². The molecule has 1 aromatic rings. The molecule has 2 rings (SSSR count). The second-order valence-electron chi connectivity index (χ2n) is 4.01. The van der Waals surface area contributed by atoms with E-state index in [2.05, 4.69) is 48.4 Å².